The molecule has 0 bridgehead atoms. The summed E-state index contributed by atoms with van der Waals surface area (Å²) in [5.74, 6) is 1.10. The van der Waals surface area contributed by atoms with Crippen molar-refractivity contribution in [3.8, 4) is 11.5 Å². The van der Waals surface area contributed by atoms with E-state index >= 15 is 0 Å². The van der Waals surface area contributed by atoms with Crippen LogP contribution >= 0.6 is 0 Å². The van der Waals surface area contributed by atoms with Crippen LogP contribution in [-0.4, -0.2) is 51.1 Å². The summed E-state index contributed by atoms with van der Waals surface area (Å²) in [6.45, 7) is 3.87. The number of unbranched alkanes of at least 4 members (excludes halogenated alkanes) is 2. The smallest absolute Gasteiger partial charge is 0.305 e. The van der Waals surface area contributed by atoms with E-state index in [1.807, 2.05) is 81.7 Å². The highest BCUT2D eigenvalue weighted by molar-refractivity contribution is 6.07. The van der Waals surface area contributed by atoms with Gasteiger partial charge in [0.05, 0.1) is 18.9 Å². The Morgan fingerprint density at radius 3 is 2.26 bits per heavy atom. The van der Waals surface area contributed by atoms with E-state index in [1.54, 1.807) is 11.9 Å². The van der Waals surface area contributed by atoms with E-state index in [0.717, 1.165) is 37.1 Å². The van der Waals surface area contributed by atoms with Gasteiger partial charge < -0.3 is 24.0 Å². The fourth-order valence-corrected chi connectivity index (χ4v) is 4.18. The van der Waals surface area contributed by atoms with Gasteiger partial charge in [0, 0.05) is 31.1 Å². The monoisotopic (exact) mass is 532 g/mol. The molecule has 0 saturated carbocycles. The number of carbonyl (C=O) groups is 2. The number of esters is 1. The van der Waals surface area contributed by atoms with Crippen LogP contribution in [0.15, 0.2) is 72.8 Å². The highest BCUT2D eigenvalue weighted by Gasteiger charge is 2.20. The maximum Gasteiger partial charge on any atom is 0.305 e. The Kier molecular flexibility index (Phi) is 11.8. The van der Waals surface area contributed by atoms with Crippen LogP contribution in [0, 0.1) is 0 Å². The molecule has 0 spiro atoms. The van der Waals surface area contributed by atoms with Gasteiger partial charge in [0.25, 0.3) is 5.91 Å². The molecule has 1 amide bonds. The van der Waals surface area contributed by atoms with Crippen molar-refractivity contribution >= 4 is 17.6 Å². The standard InChI is InChI=1S/C32H40N2O5/c1-5-37-31(35)17-7-6-12-22-38-30-16-11-10-15-29(30)34(4)32(36)28-14-9-8-13-26(28)24-39-27-20-18-25(19-21-27)23-33(2)3/h8-11,13-16,18-21H,5-7,12,17,22-24H2,1-4H3. The molecule has 3 aromatic carbocycles. The SMILES string of the molecule is CCOC(=O)CCCCCOc1ccccc1N(C)C(=O)c1ccccc1COc1ccc(CN(C)C)cc1. The Balaban J connectivity index is 1.60. The maximum atomic E-state index is 13.6. The molecule has 0 aliphatic heterocycles. The van der Waals surface area contributed by atoms with Crippen LogP contribution in [-0.2, 0) is 22.7 Å². The van der Waals surface area contributed by atoms with E-state index in [-0.39, 0.29) is 18.5 Å². The largest absolute Gasteiger partial charge is 0.491 e. The second-order valence-electron chi connectivity index (χ2n) is 9.62. The van der Waals surface area contributed by atoms with Gasteiger partial charge in [-0.2, -0.15) is 0 Å². The van der Waals surface area contributed by atoms with Crippen LogP contribution in [0.2, 0.25) is 0 Å². The normalized spacial score (nSPS) is 10.8. The van der Waals surface area contributed by atoms with Crippen molar-refractivity contribution in [3.63, 3.8) is 0 Å². The summed E-state index contributed by atoms with van der Waals surface area (Å²) in [6.07, 6.45) is 2.86. The van der Waals surface area contributed by atoms with Crippen LogP contribution in [0.1, 0.15) is 54.1 Å². The average Bonchev–Trinajstić information content (AvgIpc) is 2.94. The lowest BCUT2D eigenvalue weighted by Gasteiger charge is -2.22. The molecule has 0 aliphatic rings. The number of benzene rings is 3. The molecule has 0 atom stereocenters. The molecule has 0 heterocycles. The highest BCUT2D eigenvalue weighted by Crippen LogP contribution is 2.29. The Labute approximate surface area is 232 Å². The first-order valence-electron chi connectivity index (χ1n) is 13.5. The lowest BCUT2D eigenvalue weighted by molar-refractivity contribution is -0.143. The van der Waals surface area contributed by atoms with Gasteiger partial charge in [0.2, 0.25) is 0 Å². The number of carbonyl (C=O) groups excluding carboxylic acids is 2. The summed E-state index contributed by atoms with van der Waals surface area (Å²) in [7, 11) is 5.83. The molecule has 7 nitrogen and oxygen atoms in total. The molecule has 0 aromatic heterocycles. The zero-order chi connectivity index (χ0) is 28.0. The molecule has 7 heteroatoms. The number of hydrogen-bond acceptors (Lipinski definition) is 6. The van der Waals surface area contributed by atoms with Crippen molar-refractivity contribution in [2.45, 2.75) is 45.8 Å². The van der Waals surface area contributed by atoms with Crippen LogP contribution in [0.25, 0.3) is 0 Å². The lowest BCUT2D eigenvalue weighted by Crippen LogP contribution is -2.28. The zero-order valence-corrected chi connectivity index (χ0v) is 23.5. The highest BCUT2D eigenvalue weighted by atomic mass is 16.5. The van der Waals surface area contributed by atoms with Crippen LogP contribution in [0.4, 0.5) is 5.69 Å². The number of rotatable bonds is 15. The molecule has 0 saturated heterocycles. The minimum absolute atomic E-state index is 0.138. The van der Waals surface area contributed by atoms with Gasteiger partial charge in [-0.15, -0.1) is 0 Å². The summed E-state index contributed by atoms with van der Waals surface area (Å²) >= 11 is 0. The van der Waals surface area contributed by atoms with Crippen molar-refractivity contribution in [1.29, 1.82) is 0 Å². The lowest BCUT2D eigenvalue weighted by atomic mass is 10.1. The number of anilines is 1. The Morgan fingerprint density at radius 2 is 1.51 bits per heavy atom. The quantitative estimate of drug-likeness (QED) is 0.174. The van der Waals surface area contributed by atoms with Crippen molar-refractivity contribution < 1.29 is 23.8 Å². The second-order valence-corrected chi connectivity index (χ2v) is 9.62. The van der Waals surface area contributed by atoms with E-state index in [9.17, 15) is 9.59 Å². The number of hydrogen-bond donors (Lipinski definition) is 0. The molecule has 208 valence electrons. The molecule has 0 fully saturated rings. The van der Waals surface area contributed by atoms with E-state index in [2.05, 4.69) is 17.0 Å². The van der Waals surface area contributed by atoms with Crippen LogP contribution in [0.5, 0.6) is 11.5 Å². The summed E-state index contributed by atoms with van der Waals surface area (Å²) in [6, 6.07) is 23.1. The van der Waals surface area contributed by atoms with Crippen LogP contribution < -0.4 is 14.4 Å². The third kappa shape index (κ3) is 9.45. The number of ether oxygens (including phenoxy) is 3. The molecule has 0 radical (unpaired) electrons. The van der Waals surface area contributed by atoms with Gasteiger partial charge in [0.1, 0.15) is 18.1 Å². The summed E-state index contributed by atoms with van der Waals surface area (Å²) in [5, 5.41) is 0. The van der Waals surface area contributed by atoms with Gasteiger partial charge in [0.15, 0.2) is 0 Å². The molecular formula is C32H40N2O5. The zero-order valence-electron chi connectivity index (χ0n) is 23.5. The fraction of sp³-hybridized carbons (Fsp3) is 0.375. The molecule has 39 heavy (non-hydrogen) atoms. The molecular weight excluding hydrogens is 492 g/mol. The first kappa shape index (κ1) is 29.7. The van der Waals surface area contributed by atoms with E-state index < -0.39 is 0 Å². The Morgan fingerprint density at radius 1 is 0.795 bits per heavy atom. The van der Waals surface area contributed by atoms with Gasteiger partial charge in [-0.25, -0.2) is 0 Å². The minimum Gasteiger partial charge on any atom is -0.491 e. The third-order valence-electron chi connectivity index (χ3n) is 6.18. The van der Waals surface area contributed by atoms with Crippen molar-refractivity contribution in [1.82, 2.24) is 4.90 Å². The third-order valence-corrected chi connectivity index (χ3v) is 6.18. The minimum atomic E-state index is -0.160. The van der Waals surface area contributed by atoms with Gasteiger partial charge in [-0.05, 0) is 76.2 Å². The van der Waals surface area contributed by atoms with Crippen molar-refractivity contribution in [2.75, 3.05) is 39.3 Å². The number of nitrogens with zero attached hydrogens (tertiary/aromatic N) is 2. The molecule has 0 N–H and O–H groups in total. The molecule has 3 rings (SSSR count). The summed E-state index contributed by atoms with van der Waals surface area (Å²) < 4.78 is 17.0. The fourth-order valence-electron chi connectivity index (χ4n) is 4.18. The van der Waals surface area contributed by atoms with Gasteiger partial charge in [-0.3, -0.25) is 9.59 Å². The number of para-hydroxylation sites is 2. The number of amides is 1. The Hall–Kier alpha value is -3.84. The molecule has 0 aliphatic carbocycles. The van der Waals surface area contributed by atoms with Crippen LogP contribution in [0.3, 0.4) is 0 Å². The topological polar surface area (TPSA) is 68.3 Å². The average molecular weight is 533 g/mol. The van der Waals surface area contributed by atoms with Gasteiger partial charge in [-0.1, -0.05) is 42.5 Å². The van der Waals surface area contributed by atoms with E-state index in [1.165, 1.54) is 5.56 Å². The summed E-state index contributed by atoms with van der Waals surface area (Å²) in [5.41, 5.74) is 3.30. The first-order chi connectivity index (χ1) is 18.9. The molecule has 3 aromatic rings. The van der Waals surface area contributed by atoms with Crippen molar-refractivity contribution in [3.05, 3.63) is 89.5 Å². The van der Waals surface area contributed by atoms with Crippen molar-refractivity contribution in [2.24, 2.45) is 0 Å². The summed E-state index contributed by atoms with van der Waals surface area (Å²) in [4.78, 5) is 28.8. The molecule has 0 unspecified atom stereocenters. The first-order valence-corrected chi connectivity index (χ1v) is 13.5. The predicted molar refractivity (Wildman–Crippen MR) is 154 cm³/mol. The second kappa shape index (κ2) is 15.5. The van der Waals surface area contributed by atoms with Gasteiger partial charge >= 0.3 is 5.97 Å². The predicted octanol–water partition coefficient (Wildman–Crippen LogP) is 6.11. The van der Waals surface area contributed by atoms with E-state index in [4.69, 9.17) is 14.2 Å². The Bertz CT molecular complexity index is 1190. The van der Waals surface area contributed by atoms with E-state index in [0.29, 0.717) is 36.6 Å². The maximum absolute atomic E-state index is 13.6.